The zero-order valence-electron chi connectivity index (χ0n) is 10.9. The Bertz CT molecular complexity index is 471. The zero-order valence-corrected chi connectivity index (χ0v) is 10.9. The lowest BCUT2D eigenvalue weighted by Gasteiger charge is -2.10. The highest BCUT2D eigenvalue weighted by Crippen LogP contribution is 2.17. The molecule has 90 valence electrons. The van der Waals surface area contributed by atoms with Gasteiger partial charge in [-0.2, -0.15) is 0 Å². The fourth-order valence-electron chi connectivity index (χ4n) is 2.30. The van der Waals surface area contributed by atoms with Gasteiger partial charge in [0.25, 0.3) is 5.82 Å². The van der Waals surface area contributed by atoms with Crippen molar-refractivity contribution in [1.29, 1.82) is 0 Å². The summed E-state index contributed by atoms with van der Waals surface area (Å²) in [6.07, 6.45) is 5.54. The van der Waals surface area contributed by atoms with Gasteiger partial charge in [-0.1, -0.05) is 37.3 Å². The van der Waals surface area contributed by atoms with Crippen LogP contribution in [0.25, 0.3) is 0 Å². The summed E-state index contributed by atoms with van der Waals surface area (Å²) in [6, 6.07) is 11.0. The zero-order chi connectivity index (χ0) is 12.3. The topological polar surface area (TPSA) is 8.81 Å². The third-order valence-corrected chi connectivity index (χ3v) is 3.36. The molecule has 0 unspecified atom stereocenters. The van der Waals surface area contributed by atoms with Gasteiger partial charge in [0.05, 0.1) is 6.54 Å². The van der Waals surface area contributed by atoms with Gasteiger partial charge >= 0.3 is 0 Å². The molecule has 1 aromatic carbocycles. The van der Waals surface area contributed by atoms with Gasteiger partial charge in [-0.25, -0.2) is 9.13 Å². The first-order chi connectivity index (χ1) is 8.24. The fourth-order valence-corrected chi connectivity index (χ4v) is 2.30. The SMILES string of the molecule is CCC[n+]1ccn([C@@H](C)c2ccccc2)c1C. The maximum Gasteiger partial charge on any atom is 0.253 e. The van der Waals surface area contributed by atoms with E-state index in [1.54, 1.807) is 0 Å². The summed E-state index contributed by atoms with van der Waals surface area (Å²) in [6.45, 7) is 7.75. The number of rotatable bonds is 4. The fraction of sp³-hybridized carbons (Fsp3) is 0.400. The first-order valence-electron chi connectivity index (χ1n) is 6.36. The molecular formula is C15H21N2+. The smallest absolute Gasteiger partial charge is 0.234 e. The van der Waals surface area contributed by atoms with Crippen molar-refractivity contribution >= 4 is 0 Å². The average Bonchev–Trinajstić information content (AvgIpc) is 2.72. The van der Waals surface area contributed by atoms with Crippen molar-refractivity contribution in [3.63, 3.8) is 0 Å². The standard InChI is InChI=1S/C15H21N2/c1-4-10-16-11-12-17(14(16)3)13(2)15-8-6-5-7-9-15/h5-9,11-13H,4,10H2,1-3H3/q+1/t13-/m0/s1. The number of aryl methyl sites for hydroxylation is 1. The van der Waals surface area contributed by atoms with Gasteiger partial charge in [-0.05, 0) is 18.9 Å². The van der Waals surface area contributed by atoms with E-state index in [0.717, 1.165) is 6.54 Å². The first-order valence-corrected chi connectivity index (χ1v) is 6.36. The Kier molecular flexibility index (Phi) is 3.62. The number of hydrogen-bond acceptors (Lipinski definition) is 0. The molecule has 1 aromatic heterocycles. The Morgan fingerprint density at radius 3 is 2.59 bits per heavy atom. The van der Waals surface area contributed by atoms with E-state index < -0.39 is 0 Å². The highest BCUT2D eigenvalue weighted by atomic mass is 15.2. The molecule has 0 aliphatic heterocycles. The van der Waals surface area contributed by atoms with Gasteiger partial charge in [0.2, 0.25) is 0 Å². The molecule has 0 saturated carbocycles. The Morgan fingerprint density at radius 1 is 1.24 bits per heavy atom. The molecular weight excluding hydrogens is 208 g/mol. The number of hydrogen-bond donors (Lipinski definition) is 0. The normalized spacial score (nSPS) is 12.6. The lowest BCUT2D eigenvalue weighted by atomic mass is 10.1. The predicted molar refractivity (Wildman–Crippen MR) is 69.9 cm³/mol. The third kappa shape index (κ3) is 2.41. The molecule has 0 fully saturated rings. The van der Waals surface area contributed by atoms with Crippen LogP contribution >= 0.6 is 0 Å². The maximum atomic E-state index is 2.34. The largest absolute Gasteiger partial charge is 0.253 e. The van der Waals surface area contributed by atoms with Crippen LogP contribution in [-0.4, -0.2) is 4.57 Å². The van der Waals surface area contributed by atoms with Crippen LogP contribution in [-0.2, 0) is 6.54 Å². The minimum Gasteiger partial charge on any atom is -0.234 e. The molecule has 0 aliphatic carbocycles. The van der Waals surface area contributed by atoms with Gasteiger partial charge in [0.1, 0.15) is 18.4 Å². The lowest BCUT2D eigenvalue weighted by molar-refractivity contribution is -0.702. The predicted octanol–water partition coefficient (Wildman–Crippen LogP) is 3.10. The molecule has 2 heteroatoms. The maximum absolute atomic E-state index is 2.34. The van der Waals surface area contributed by atoms with Crippen molar-refractivity contribution in [2.75, 3.05) is 0 Å². The number of benzene rings is 1. The molecule has 0 aliphatic rings. The van der Waals surface area contributed by atoms with Crippen molar-refractivity contribution in [1.82, 2.24) is 4.57 Å². The Balaban J connectivity index is 2.28. The molecule has 1 heterocycles. The summed E-state index contributed by atoms with van der Waals surface area (Å²) in [5.74, 6) is 1.32. The summed E-state index contributed by atoms with van der Waals surface area (Å²) in [4.78, 5) is 0. The molecule has 0 radical (unpaired) electrons. The number of imidazole rings is 1. The van der Waals surface area contributed by atoms with Crippen LogP contribution in [0.1, 0.15) is 37.7 Å². The second-order valence-electron chi connectivity index (χ2n) is 4.53. The van der Waals surface area contributed by atoms with Crippen LogP contribution in [0.3, 0.4) is 0 Å². The van der Waals surface area contributed by atoms with E-state index in [4.69, 9.17) is 0 Å². The number of aromatic nitrogens is 2. The van der Waals surface area contributed by atoms with Crippen LogP contribution < -0.4 is 4.57 Å². The first kappa shape index (κ1) is 11.9. The monoisotopic (exact) mass is 229 g/mol. The molecule has 17 heavy (non-hydrogen) atoms. The highest BCUT2D eigenvalue weighted by Gasteiger charge is 2.18. The third-order valence-electron chi connectivity index (χ3n) is 3.36. The van der Waals surface area contributed by atoms with Crippen molar-refractivity contribution in [3.8, 4) is 0 Å². The summed E-state index contributed by atoms with van der Waals surface area (Å²) >= 11 is 0. The molecule has 0 N–H and O–H groups in total. The van der Waals surface area contributed by atoms with Gasteiger partial charge in [0.15, 0.2) is 0 Å². The molecule has 0 bridgehead atoms. The van der Waals surface area contributed by atoms with Crippen LogP contribution in [0.5, 0.6) is 0 Å². The van der Waals surface area contributed by atoms with Gasteiger partial charge in [-0.3, -0.25) is 0 Å². The van der Waals surface area contributed by atoms with E-state index in [1.807, 2.05) is 0 Å². The lowest BCUT2D eigenvalue weighted by Crippen LogP contribution is -2.35. The average molecular weight is 229 g/mol. The molecule has 0 saturated heterocycles. The Morgan fingerprint density at radius 2 is 1.94 bits per heavy atom. The Hall–Kier alpha value is -1.57. The second-order valence-corrected chi connectivity index (χ2v) is 4.53. The van der Waals surface area contributed by atoms with Gasteiger partial charge in [-0.15, -0.1) is 0 Å². The Labute approximate surface area is 104 Å². The van der Waals surface area contributed by atoms with Crippen molar-refractivity contribution in [2.45, 2.75) is 39.8 Å². The molecule has 2 rings (SSSR count). The van der Waals surface area contributed by atoms with Crippen molar-refractivity contribution in [2.24, 2.45) is 0 Å². The molecule has 0 spiro atoms. The van der Waals surface area contributed by atoms with Gasteiger partial charge < -0.3 is 0 Å². The minimum atomic E-state index is 0.398. The van der Waals surface area contributed by atoms with Crippen LogP contribution in [0.2, 0.25) is 0 Å². The van der Waals surface area contributed by atoms with E-state index in [9.17, 15) is 0 Å². The van der Waals surface area contributed by atoms with E-state index >= 15 is 0 Å². The summed E-state index contributed by atoms with van der Waals surface area (Å²) in [5.41, 5.74) is 1.36. The van der Waals surface area contributed by atoms with E-state index in [1.165, 1.54) is 17.8 Å². The highest BCUT2D eigenvalue weighted by molar-refractivity contribution is 5.19. The number of nitrogens with zero attached hydrogens (tertiary/aromatic N) is 2. The van der Waals surface area contributed by atoms with E-state index in [-0.39, 0.29) is 0 Å². The van der Waals surface area contributed by atoms with E-state index in [0.29, 0.717) is 6.04 Å². The van der Waals surface area contributed by atoms with Crippen molar-refractivity contribution in [3.05, 3.63) is 54.1 Å². The molecule has 2 nitrogen and oxygen atoms in total. The van der Waals surface area contributed by atoms with Crippen LogP contribution in [0, 0.1) is 6.92 Å². The van der Waals surface area contributed by atoms with Gasteiger partial charge in [0, 0.05) is 6.92 Å². The summed E-state index contributed by atoms with van der Waals surface area (Å²) in [7, 11) is 0. The van der Waals surface area contributed by atoms with E-state index in [2.05, 4.69) is 72.6 Å². The van der Waals surface area contributed by atoms with Crippen molar-refractivity contribution < 1.29 is 4.57 Å². The molecule has 2 aromatic rings. The van der Waals surface area contributed by atoms with Crippen LogP contribution in [0.4, 0.5) is 0 Å². The minimum absolute atomic E-state index is 0.398. The summed E-state index contributed by atoms with van der Waals surface area (Å²) in [5, 5.41) is 0. The second kappa shape index (κ2) is 5.17. The molecule has 0 amide bonds. The van der Waals surface area contributed by atoms with Crippen LogP contribution in [0.15, 0.2) is 42.7 Å². The quantitative estimate of drug-likeness (QED) is 0.712. The summed E-state index contributed by atoms with van der Waals surface area (Å²) < 4.78 is 4.66. The molecule has 1 atom stereocenters.